The number of carboxylic acid groups (broad SMARTS) is 1. The molecule has 0 saturated heterocycles. The van der Waals surface area contributed by atoms with Crippen LogP contribution in [-0.4, -0.2) is 22.0 Å². The Hall–Kier alpha value is -2.15. The van der Waals surface area contributed by atoms with E-state index in [-0.39, 0.29) is 21.4 Å². The summed E-state index contributed by atoms with van der Waals surface area (Å²) < 4.78 is 13.4. The molecule has 0 fully saturated rings. The summed E-state index contributed by atoms with van der Waals surface area (Å²) in [4.78, 5) is 25.7. The van der Waals surface area contributed by atoms with Gasteiger partial charge in [0.05, 0.1) is 15.7 Å². The number of carbonyl (C=O) groups is 2. The minimum atomic E-state index is -1.19. The standard InChI is InChI=1S/C13H10BrFN2O3/c1-6-5-9(11(16-6)13(19)20)17-12(18)7-3-2-4-8(15)10(7)14/h2-5,16H,1H3,(H,17,18)(H,19,20). The molecule has 1 aromatic carbocycles. The van der Waals surface area contributed by atoms with Crippen LogP contribution in [0.15, 0.2) is 28.7 Å². The van der Waals surface area contributed by atoms with Crippen molar-refractivity contribution in [1.82, 2.24) is 4.98 Å². The van der Waals surface area contributed by atoms with Crippen LogP contribution in [0, 0.1) is 12.7 Å². The van der Waals surface area contributed by atoms with E-state index in [4.69, 9.17) is 5.11 Å². The molecule has 0 aliphatic rings. The van der Waals surface area contributed by atoms with Crippen molar-refractivity contribution in [2.75, 3.05) is 5.32 Å². The summed E-state index contributed by atoms with van der Waals surface area (Å²) in [5.74, 6) is -2.36. The number of carboxylic acids is 1. The molecule has 104 valence electrons. The molecule has 3 N–H and O–H groups in total. The maximum Gasteiger partial charge on any atom is 0.354 e. The molecule has 1 aromatic heterocycles. The highest BCUT2D eigenvalue weighted by atomic mass is 79.9. The number of aryl methyl sites for hydroxylation is 1. The maximum absolute atomic E-state index is 13.4. The first-order valence-corrected chi connectivity index (χ1v) is 6.37. The third-order valence-corrected chi connectivity index (χ3v) is 3.42. The van der Waals surface area contributed by atoms with Gasteiger partial charge in [-0.1, -0.05) is 6.07 Å². The fourth-order valence-corrected chi connectivity index (χ4v) is 2.17. The molecule has 1 amide bonds. The Morgan fingerprint density at radius 1 is 1.40 bits per heavy atom. The predicted molar refractivity (Wildman–Crippen MR) is 74.5 cm³/mol. The molecule has 0 aliphatic heterocycles. The van der Waals surface area contributed by atoms with E-state index < -0.39 is 17.7 Å². The molecule has 0 radical (unpaired) electrons. The van der Waals surface area contributed by atoms with Crippen LogP contribution in [0.5, 0.6) is 0 Å². The van der Waals surface area contributed by atoms with Crippen LogP contribution in [0.1, 0.15) is 26.5 Å². The van der Waals surface area contributed by atoms with Crippen LogP contribution in [-0.2, 0) is 0 Å². The number of aromatic nitrogens is 1. The van der Waals surface area contributed by atoms with E-state index in [1.165, 1.54) is 24.3 Å². The van der Waals surface area contributed by atoms with Crippen LogP contribution >= 0.6 is 15.9 Å². The highest BCUT2D eigenvalue weighted by Crippen LogP contribution is 2.23. The van der Waals surface area contributed by atoms with Crippen molar-refractivity contribution in [2.24, 2.45) is 0 Å². The van der Waals surface area contributed by atoms with Crippen molar-refractivity contribution in [3.63, 3.8) is 0 Å². The lowest BCUT2D eigenvalue weighted by Gasteiger charge is -2.06. The summed E-state index contributed by atoms with van der Waals surface area (Å²) in [6.45, 7) is 1.67. The first-order valence-electron chi connectivity index (χ1n) is 5.58. The van der Waals surface area contributed by atoms with Crippen LogP contribution in [0.4, 0.5) is 10.1 Å². The number of rotatable bonds is 3. The summed E-state index contributed by atoms with van der Waals surface area (Å²) in [5, 5.41) is 11.5. The molecule has 2 rings (SSSR count). The number of amides is 1. The van der Waals surface area contributed by atoms with E-state index >= 15 is 0 Å². The Labute approximate surface area is 121 Å². The number of nitrogens with one attached hydrogen (secondary N) is 2. The second-order valence-electron chi connectivity index (χ2n) is 4.10. The van der Waals surface area contributed by atoms with Gasteiger partial charge in [-0.3, -0.25) is 4.79 Å². The van der Waals surface area contributed by atoms with Crippen molar-refractivity contribution in [1.29, 1.82) is 0 Å². The molecule has 0 spiro atoms. The summed E-state index contributed by atoms with van der Waals surface area (Å²) in [6, 6.07) is 5.54. The van der Waals surface area contributed by atoms with E-state index in [2.05, 4.69) is 26.2 Å². The van der Waals surface area contributed by atoms with Crippen LogP contribution in [0.3, 0.4) is 0 Å². The van der Waals surface area contributed by atoms with Crippen molar-refractivity contribution in [3.8, 4) is 0 Å². The normalized spacial score (nSPS) is 10.3. The molecule has 0 saturated carbocycles. The topological polar surface area (TPSA) is 82.2 Å². The number of anilines is 1. The van der Waals surface area contributed by atoms with Gasteiger partial charge in [0.25, 0.3) is 5.91 Å². The largest absolute Gasteiger partial charge is 0.477 e. The lowest BCUT2D eigenvalue weighted by molar-refractivity contribution is 0.0692. The molecule has 0 unspecified atom stereocenters. The monoisotopic (exact) mass is 340 g/mol. The van der Waals surface area contributed by atoms with Gasteiger partial charge in [-0.15, -0.1) is 0 Å². The van der Waals surface area contributed by atoms with Crippen molar-refractivity contribution in [3.05, 3.63) is 51.5 Å². The number of aromatic amines is 1. The van der Waals surface area contributed by atoms with Gasteiger partial charge in [-0.05, 0) is 41.1 Å². The first kappa shape index (κ1) is 14.3. The maximum atomic E-state index is 13.4. The Balaban J connectivity index is 2.33. The second-order valence-corrected chi connectivity index (χ2v) is 4.89. The number of carbonyl (C=O) groups excluding carboxylic acids is 1. The minimum absolute atomic E-state index is 0.0293. The molecule has 20 heavy (non-hydrogen) atoms. The highest BCUT2D eigenvalue weighted by molar-refractivity contribution is 9.10. The fraction of sp³-hybridized carbons (Fsp3) is 0.0769. The van der Waals surface area contributed by atoms with Gasteiger partial charge in [-0.25, -0.2) is 9.18 Å². The van der Waals surface area contributed by atoms with Gasteiger partial charge in [-0.2, -0.15) is 0 Å². The molecule has 0 bridgehead atoms. The Morgan fingerprint density at radius 3 is 2.75 bits per heavy atom. The smallest absolute Gasteiger partial charge is 0.354 e. The third kappa shape index (κ3) is 2.72. The molecule has 0 aliphatic carbocycles. The summed E-state index contributed by atoms with van der Waals surface area (Å²) in [5.41, 5.74) is 0.690. The molecule has 7 heteroatoms. The predicted octanol–water partition coefficient (Wildman–Crippen LogP) is 3.18. The number of halogens is 2. The second kappa shape index (κ2) is 5.46. The Morgan fingerprint density at radius 2 is 2.10 bits per heavy atom. The van der Waals surface area contributed by atoms with Crippen LogP contribution in [0.2, 0.25) is 0 Å². The van der Waals surface area contributed by atoms with Gasteiger partial charge in [0.2, 0.25) is 0 Å². The molecular weight excluding hydrogens is 331 g/mol. The Bertz CT molecular complexity index is 697. The van der Waals surface area contributed by atoms with E-state index in [1.54, 1.807) is 6.92 Å². The number of hydrogen-bond acceptors (Lipinski definition) is 2. The minimum Gasteiger partial charge on any atom is -0.477 e. The van der Waals surface area contributed by atoms with Gasteiger partial charge < -0.3 is 15.4 Å². The zero-order valence-corrected chi connectivity index (χ0v) is 11.9. The zero-order valence-electron chi connectivity index (χ0n) is 10.3. The SMILES string of the molecule is Cc1cc(NC(=O)c2cccc(F)c2Br)c(C(=O)O)[nH]1. The third-order valence-electron chi connectivity index (χ3n) is 2.61. The molecular formula is C13H10BrFN2O3. The number of benzene rings is 1. The van der Waals surface area contributed by atoms with Crippen molar-refractivity contribution >= 4 is 33.5 Å². The van der Waals surface area contributed by atoms with Crippen LogP contribution in [0.25, 0.3) is 0 Å². The summed E-state index contributed by atoms with van der Waals surface area (Å²) >= 11 is 2.99. The molecule has 5 nitrogen and oxygen atoms in total. The average molecular weight is 341 g/mol. The quantitative estimate of drug-likeness (QED) is 0.802. The number of hydrogen-bond donors (Lipinski definition) is 3. The lowest BCUT2D eigenvalue weighted by Crippen LogP contribution is -2.15. The summed E-state index contributed by atoms with van der Waals surface area (Å²) in [7, 11) is 0. The highest BCUT2D eigenvalue weighted by Gasteiger charge is 2.18. The Kier molecular flexibility index (Phi) is 3.89. The van der Waals surface area contributed by atoms with Gasteiger partial charge >= 0.3 is 5.97 Å². The molecule has 0 atom stereocenters. The van der Waals surface area contributed by atoms with Crippen molar-refractivity contribution in [2.45, 2.75) is 6.92 Å². The van der Waals surface area contributed by atoms with E-state index in [0.29, 0.717) is 5.69 Å². The molecule has 1 heterocycles. The lowest BCUT2D eigenvalue weighted by atomic mass is 10.2. The molecule has 2 aromatic rings. The first-order chi connectivity index (χ1) is 9.40. The number of aromatic carboxylic acids is 1. The van der Waals surface area contributed by atoms with E-state index in [9.17, 15) is 14.0 Å². The van der Waals surface area contributed by atoms with Gasteiger partial charge in [0.15, 0.2) is 0 Å². The fourth-order valence-electron chi connectivity index (χ4n) is 1.73. The zero-order chi connectivity index (χ0) is 14.9. The van der Waals surface area contributed by atoms with E-state index in [0.717, 1.165) is 0 Å². The van der Waals surface area contributed by atoms with Gasteiger partial charge in [0.1, 0.15) is 11.5 Å². The average Bonchev–Trinajstić information content (AvgIpc) is 2.73. The number of H-pyrrole nitrogens is 1. The van der Waals surface area contributed by atoms with Crippen molar-refractivity contribution < 1.29 is 19.1 Å². The van der Waals surface area contributed by atoms with Crippen LogP contribution < -0.4 is 5.32 Å². The van der Waals surface area contributed by atoms with E-state index in [1.807, 2.05) is 0 Å². The summed E-state index contributed by atoms with van der Waals surface area (Å²) in [6.07, 6.45) is 0. The van der Waals surface area contributed by atoms with Gasteiger partial charge in [0, 0.05) is 5.69 Å².